The van der Waals surface area contributed by atoms with Crippen LogP contribution in [-0.2, 0) is 0 Å². The molecule has 1 aromatic carbocycles. The van der Waals surface area contributed by atoms with Crippen LogP contribution in [0.5, 0.6) is 0 Å². The first kappa shape index (κ1) is 19.6. The molecule has 1 aliphatic heterocycles. The van der Waals surface area contributed by atoms with E-state index in [1.807, 2.05) is 35.1 Å². The Kier molecular flexibility index (Phi) is 7.01. The molecule has 0 saturated carbocycles. The summed E-state index contributed by atoms with van der Waals surface area (Å²) < 4.78 is 1.93. The number of nitrogens with one attached hydrogen (secondary N) is 2. The molecule has 3 rings (SSSR count). The van der Waals surface area contributed by atoms with E-state index in [0.29, 0.717) is 18.3 Å². The van der Waals surface area contributed by atoms with Crippen molar-refractivity contribution in [1.29, 1.82) is 0 Å². The van der Waals surface area contributed by atoms with Crippen LogP contribution in [-0.4, -0.2) is 53.3 Å². The van der Waals surface area contributed by atoms with E-state index >= 15 is 0 Å². The fourth-order valence-corrected chi connectivity index (χ4v) is 3.80. The summed E-state index contributed by atoms with van der Waals surface area (Å²) in [4.78, 5) is 15.0. The lowest BCUT2D eigenvalue weighted by molar-refractivity contribution is 0.0928. The molecular formula is C21H31N5O. The van der Waals surface area contributed by atoms with Gasteiger partial charge in [-0.15, -0.1) is 0 Å². The summed E-state index contributed by atoms with van der Waals surface area (Å²) in [7, 11) is 0. The Labute approximate surface area is 161 Å². The van der Waals surface area contributed by atoms with Crippen LogP contribution in [0, 0.1) is 0 Å². The molecule has 2 N–H and O–H groups in total. The van der Waals surface area contributed by atoms with Crippen molar-refractivity contribution < 1.29 is 4.79 Å². The number of piperidine rings is 1. The number of rotatable bonds is 8. The van der Waals surface area contributed by atoms with Crippen LogP contribution in [0.25, 0.3) is 0 Å². The van der Waals surface area contributed by atoms with Gasteiger partial charge >= 0.3 is 0 Å². The molecule has 0 radical (unpaired) electrons. The zero-order valence-corrected chi connectivity index (χ0v) is 16.4. The van der Waals surface area contributed by atoms with Crippen molar-refractivity contribution in [1.82, 2.24) is 25.3 Å². The first-order valence-electron chi connectivity index (χ1n) is 10.1. The Bertz CT molecular complexity index is 704. The van der Waals surface area contributed by atoms with Crippen LogP contribution in [0.3, 0.4) is 0 Å². The van der Waals surface area contributed by atoms with Crippen LogP contribution in [0.4, 0.5) is 0 Å². The van der Waals surface area contributed by atoms with Crippen LogP contribution in [0.15, 0.2) is 42.6 Å². The van der Waals surface area contributed by atoms with Crippen molar-refractivity contribution >= 4 is 5.91 Å². The summed E-state index contributed by atoms with van der Waals surface area (Å²) in [6, 6.07) is 12.7. The van der Waals surface area contributed by atoms with Crippen molar-refractivity contribution in [2.75, 3.05) is 32.7 Å². The summed E-state index contributed by atoms with van der Waals surface area (Å²) >= 11 is 0. The third kappa shape index (κ3) is 4.96. The highest BCUT2D eigenvalue weighted by Gasteiger charge is 2.21. The van der Waals surface area contributed by atoms with E-state index in [4.69, 9.17) is 0 Å². The standard InChI is InChI=1S/C21H31N5O/c1-3-25(4-2)20(17-9-6-5-7-10-17)16-23-21(27)19-12-14-26(24-19)18-11-8-13-22-15-18/h5-7,9-10,12,14,18,20,22H,3-4,8,11,13,15-16H2,1-2H3,(H,23,27). The minimum Gasteiger partial charge on any atom is -0.349 e. The fourth-order valence-electron chi connectivity index (χ4n) is 3.80. The van der Waals surface area contributed by atoms with Gasteiger partial charge in [-0.2, -0.15) is 5.10 Å². The van der Waals surface area contributed by atoms with Gasteiger partial charge in [-0.05, 0) is 44.1 Å². The van der Waals surface area contributed by atoms with Gasteiger partial charge in [0.15, 0.2) is 0 Å². The molecule has 1 aromatic heterocycles. The molecule has 2 unspecified atom stereocenters. The monoisotopic (exact) mass is 369 g/mol. The molecule has 6 nitrogen and oxygen atoms in total. The molecule has 1 amide bonds. The van der Waals surface area contributed by atoms with E-state index < -0.39 is 0 Å². The van der Waals surface area contributed by atoms with Gasteiger partial charge in [0.1, 0.15) is 5.69 Å². The normalized spacial score (nSPS) is 18.4. The van der Waals surface area contributed by atoms with Gasteiger partial charge in [-0.3, -0.25) is 14.4 Å². The average molecular weight is 370 g/mol. The topological polar surface area (TPSA) is 62.2 Å². The minimum atomic E-state index is -0.106. The number of benzene rings is 1. The third-order valence-electron chi connectivity index (χ3n) is 5.38. The Hall–Kier alpha value is -2.18. The lowest BCUT2D eigenvalue weighted by atomic mass is 10.1. The Morgan fingerprint density at radius 3 is 2.74 bits per heavy atom. The van der Waals surface area contributed by atoms with Crippen molar-refractivity contribution in [3.05, 3.63) is 53.9 Å². The van der Waals surface area contributed by atoms with Gasteiger partial charge < -0.3 is 10.6 Å². The average Bonchev–Trinajstić information content (AvgIpc) is 3.22. The molecule has 2 aromatic rings. The lowest BCUT2D eigenvalue weighted by Gasteiger charge is -2.30. The minimum absolute atomic E-state index is 0.106. The van der Waals surface area contributed by atoms with Crippen LogP contribution in [0.1, 0.15) is 54.8 Å². The maximum atomic E-state index is 12.7. The van der Waals surface area contributed by atoms with Gasteiger partial charge in [0, 0.05) is 19.3 Å². The third-order valence-corrected chi connectivity index (χ3v) is 5.38. The summed E-state index contributed by atoms with van der Waals surface area (Å²) in [6.07, 6.45) is 4.17. The molecule has 6 heteroatoms. The van der Waals surface area contributed by atoms with Crippen LogP contribution < -0.4 is 10.6 Å². The summed E-state index contributed by atoms with van der Waals surface area (Å²) in [5.41, 5.74) is 1.72. The van der Waals surface area contributed by atoms with E-state index in [1.165, 1.54) is 5.56 Å². The number of hydrogen-bond acceptors (Lipinski definition) is 4. The first-order valence-corrected chi connectivity index (χ1v) is 10.1. The highest BCUT2D eigenvalue weighted by Crippen LogP contribution is 2.20. The second kappa shape index (κ2) is 9.67. The number of carbonyl (C=O) groups excluding carboxylic acids is 1. The summed E-state index contributed by atoms with van der Waals surface area (Å²) in [5, 5.41) is 11.0. The second-order valence-electron chi connectivity index (χ2n) is 7.04. The van der Waals surface area contributed by atoms with E-state index in [9.17, 15) is 4.79 Å². The predicted octanol–water partition coefficient (Wildman–Crippen LogP) is 2.62. The quantitative estimate of drug-likeness (QED) is 0.751. The molecule has 1 saturated heterocycles. The highest BCUT2D eigenvalue weighted by molar-refractivity contribution is 5.92. The molecule has 2 heterocycles. The van der Waals surface area contributed by atoms with Crippen LogP contribution >= 0.6 is 0 Å². The molecule has 0 aliphatic carbocycles. The van der Waals surface area contributed by atoms with Crippen molar-refractivity contribution in [3.63, 3.8) is 0 Å². The summed E-state index contributed by atoms with van der Waals surface area (Å²) in [6.45, 7) is 8.74. The highest BCUT2D eigenvalue weighted by atomic mass is 16.1. The van der Waals surface area contributed by atoms with Crippen molar-refractivity contribution in [3.8, 4) is 0 Å². The van der Waals surface area contributed by atoms with E-state index in [2.05, 4.69) is 46.6 Å². The van der Waals surface area contributed by atoms with Gasteiger partial charge in [-0.25, -0.2) is 0 Å². The molecule has 1 fully saturated rings. The zero-order chi connectivity index (χ0) is 19.1. The zero-order valence-electron chi connectivity index (χ0n) is 16.4. The molecule has 2 atom stereocenters. The van der Waals surface area contributed by atoms with E-state index in [-0.39, 0.29) is 11.9 Å². The van der Waals surface area contributed by atoms with Gasteiger partial charge in [-0.1, -0.05) is 44.2 Å². The smallest absolute Gasteiger partial charge is 0.271 e. The van der Waals surface area contributed by atoms with Gasteiger partial charge in [0.2, 0.25) is 0 Å². The van der Waals surface area contributed by atoms with Gasteiger partial charge in [0.05, 0.1) is 12.1 Å². The SMILES string of the molecule is CCN(CC)C(CNC(=O)c1ccn(C2CCCNC2)n1)c1ccccc1. The fraction of sp³-hybridized carbons (Fsp3) is 0.524. The lowest BCUT2D eigenvalue weighted by Crippen LogP contribution is -2.38. The van der Waals surface area contributed by atoms with Gasteiger partial charge in [0.25, 0.3) is 5.91 Å². The number of amides is 1. The second-order valence-corrected chi connectivity index (χ2v) is 7.04. The first-order chi connectivity index (χ1) is 13.2. The largest absolute Gasteiger partial charge is 0.349 e. The molecule has 1 aliphatic rings. The molecule has 27 heavy (non-hydrogen) atoms. The van der Waals surface area contributed by atoms with E-state index in [0.717, 1.165) is 39.0 Å². The predicted molar refractivity (Wildman–Crippen MR) is 108 cm³/mol. The van der Waals surface area contributed by atoms with E-state index in [1.54, 1.807) is 0 Å². The number of aromatic nitrogens is 2. The van der Waals surface area contributed by atoms with Crippen molar-refractivity contribution in [2.24, 2.45) is 0 Å². The molecule has 0 bridgehead atoms. The number of carbonyl (C=O) groups is 1. The number of nitrogens with zero attached hydrogens (tertiary/aromatic N) is 3. The molecule has 146 valence electrons. The van der Waals surface area contributed by atoms with Crippen molar-refractivity contribution in [2.45, 2.75) is 38.8 Å². The molecule has 0 spiro atoms. The maximum Gasteiger partial charge on any atom is 0.271 e. The Morgan fingerprint density at radius 2 is 2.07 bits per heavy atom. The number of likely N-dealkylation sites (N-methyl/N-ethyl adjacent to an activating group) is 1. The number of hydrogen-bond donors (Lipinski definition) is 2. The molecular weight excluding hydrogens is 338 g/mol. The summed E-state index contributed by atoms with van der Waals surface area (Å²) in [5.74, 6) is -0.106. The van der Waals surface area contributed by atoms with Crippen LogP contribution in [0.2, 0.25) is 0 Å². The Balaban J connectivity index is 1.64. The Morgan fingerprint density at radius 1 is 1.30 bits per heavy atom. The maximum absolute atomic E-state index is 12.7.